The summed E-state index contributed by atoms with van der Waals surface area (Å²) in [5, 5.41) is 10.4. The zero-order valence-electron chi connectivity index (χ0n) is 16.4. The van der Waals surface area contributed by atoms with E-state index < -0.39 is 0 Å². The van der Waals surface area contributed by atoms with Gasteiger partial charge in [0, 0.05) is 29.7 Å². The molecule has 0 saturated heterocycles. The van der Waals surface area contributed by atoms with Gasteiger partial charge in [0.1, 0.15) is 16.6 Å². The summed E-state index contributed by atoms with van der Waals surface area (Å²) < 4.78 is 0. The summed E-state index contributed by atoms with van der Waals surface area (Å²) in [6, 6.07) is 5.97. The van der Waals surface area contributed by atoms with Gasteiger partial charge in [0.2, 0.25) is 0 Å². The SMILES string of the molecule is CCNC(=O)Nc1cnc2[nH]cc(-c3cc(Cl)nc(NC4CCCCC4)c3)c2c1. The smallest absolute Gasteiger partial charge is 0.319 e. The van der Waals surface area contributed by atoms with Gasteiger partial charge >= 0.3 is 6.03 Å². The molecule has 3 aromatic heterocycles. The molecule has 1 aliphatic carbocycles. The van der Waals surface area contributed by atoms with E-state index in [2.05, 4.69) is 30.9 Å². The first-order valence-electron chi connectivity index (χ1n) is 10.1. The number of aromatic amines is 1. The molecular formula is C21H25ClN6O. The van der Waals surface area contributed by atoms with Crippen LogP contribution in [-0.4, -0.2) is 33.6 Å². The quantitative estimate of drug-likeness (QED) is 0.435. The molecule has 152 valence electrons. The van der Waals surface area contributed by atoms with Crippen LogP contribution in [0.1, 0.15) is 39.0 Å². The second kappa shape index (κ2) is 8.69. The van der Waals surface area contributed by atoms with Crippen molar-refractivity contribution in [2.45, 2.75) is 45.1 Å². The lowest BCUT2D eigenvalue weighted by Gasteiger charge is -2.23. The van der Waals surface area contributed by atoms with E-state index in [1.54, 1.807) is 6.20 Å². The monoisotopic (exact) mass is 412 g/mol. The number of nitrogens with zero attached hydrogens (tertiary/aromatic N) is 2. The van der Waals surface area contributed by atoms with Gasteiger partial charge in [-0.1, -0.05) is 30.9 Å². The van der Waals surface area contributed by atoms with Gasteiger partial charge in [0.15, 0.2) is 0 Å². The van der Waals surface area contributed by atoms with Crippen LogP contribution in [0.25, 0.3) is 22.2 Å². The standard InChI is InChI=1S/C21H25ClN6O/c1-2-23-21(29)27-15-10-16-17(12-25-20(16)24-11-15)13-8-18(22)28-19(9-13)26-14-6-4-3-5-7-14/h8-12,14H,2-7H2,1H3,(H,24,25)(H,26,28)(H2,23,27,29). The first kappa shape index (κ1) is 19.5. The van der Waals surface area contributed by atoms with E-state index in [0.29, 0.717) is 23.4 Å². The summed E-state index contributed by atoms with van der Waals surface area (Å²) in [6.07, 6.45) is 9.67. The van der Waals surface area contributed by atoms with Crippen molar-refractivity contribution in [3.8, 4) is 11.1 Å². The predicted molar refractivity (Wildman–Crippen MR) is 118 cm³/mol. The lowest BCUT2D eigenvalue weighted by atomic mass is 9.95. The van der Waals surface area contributed by atoms with Crippen LogP contribution in [0.4, 0.5) is 16.3 Å². The Balaban J connectivity index is 1.63. The summed E-state index contributed by atoms with van der Waals surface area (Å²) in [5.74, 6) is 0.790. The number of rotatable bonds is 5. The van der Waals surface area contributed by atoms with E-state index in [-0.39, 0.29) is 6.03 Å². The van der Waals surface area contributed by atoms with Crippen LogP contribution in [0.15, 0.2) is 30.6 Å². The molecule has 8 heteroatoms. The Kier molecular flexibility index (Phi) is 5.85. The molecule has 1 aliphatic rings. The summed E-state index contributed by atoms with van der Waals surface area (Å²) in [7, 11) is 0. The van der Waals surface area contributed by atoms with Crippen molar-refractivity contribution in [3.05, 3.63) is 35.7 Å². The average Bonchev–Trinajstić information content (AvgIpc) is 3.12. The number of pyridine rings is 2. The molecular weight excluding hydrogens is 388 g/mol. The van der Waals surface area contributed by atoms with Crippen molar-refractivity contribution in [1.82, 2.24) is 20.3 Å². The third-order valence-electron chi connectivity index (χ3n) is 5.19. The van der Waals surface area contributed by atoms with E-state index in [1.165, 1.54) is 19.3 Å². The largest absolute Gasteiger partial charge is 0.367 e. The lowest BCUT2D eigenvalue weighted by Crippen LogP contribution is -2.28. The fourth-order valence-electron chi connectivity index (χ4n) is 3.83. The van der Waals surface area contributed by atoms with Crippen molar-refractivity contribution < 1.29 is 4.79 Å². The van der Waals surface area contributed by atoms with Crippen molar-refractivity contribution in [3.63, 3.8) is 0 Å². The molecule has 4 rings (SSSR count). The second-order valence-corrected chi connectivity index (χ2v) is 7.74. The Morgan fingerprint density at radius 2 is 2.07 bits per heavy atom. The highest BCUT2D eigenvalue weighted by Gasteiger charge is 2.16. The molecule has 29 heavy (non-hydrogen) atoms. The highest BCUT2D eigenvalue weighted by molar-refractivity contribution is 6.29. The number of carbonyl (C=O) groups is 1. The van der Waals surface area contributed by atoms with Gasteiger partial charge < -0.3 is 20.9 Å². The maximum atomic E-state index is 11.8. The number of H-pyrrole nitrogens is 1. The summed E-state index contributed by atoms with van der Waals surface area (Å²) in [5.41, 5.74) is 3.29. The van der Waals surface area contributed by atoms with Crippen molar-refractivity contribution >= 4 is 40.2 Å². The van der Waals surface area contributed by atoms with Crippen LogP contribution in [0.5, 0.6) is 0 Å². The summed E-state index contributed by atoms with van der Waals surface area (Å²) in [4.78, 5) is 23.9. The number of fused-ring (bicyclic) bond motifs is 1. The fourth-order valence-corrected chi connectivity index (χ4v) is 4.04. The van der Waals surface area contributed by atoms with Crippen molar-refractivity contribution in [2.75, 3.05) is 17.2 Å². The molecule has 0 unspecified atom stereocenters. The molecule has 0 aliphatic heterocycles. The van der Waals surface area contributed by atoms with E-state index in [4.69, 9.17) is 11.6 Å². The van der Waals surface area contributed by atoms with Crippen LogP contribution in [0, 0.1) is 0 Å². The topological polar surface area (TPSA) is 94.7 Å². The number of nitrogens with one attached hydrogen (secondary N) is 4. The highest BCUT2D eigenvalue weighted by Crippen LogP contribution is 2.32. The molecule has 7 nitrogen and oxygen atoms in total. The van der Waals surface area contributed by atoms with E-state index in [0.717, 1.165) is 40.8 Å². The molecule has 0 spiro atoms. The van der Waals surface area contributed by atoms with Crippen molar-refractivity contribution in [2.24, 2.45) is 0 Å². The first-order valence-corrected chi connectivity index (χ1v) is 10.5. The molecule has 0 radical (unpaired) electrons. The Bertz CT molecular complexity index is 1010. The normalized spacial score (nSPS) is 14.7. The van der Waals surface area contributed by atoms with Crippen LogP contribution in [0.3, 0.4) is 0 Å². The van der Waals surface area contributed by atoms with Gasteiger partial charge in [-0.05, 0) is 43.5 Å². The average molecular weight is 413 g/mol. The summed E-state index contributed by atoms with van der Waals surface area (Å²) in [6.45, 7) is 2.43. The van der Waals surface area contributed by atoms with E-state index >= 15 is 0 Å². The molecule has 2 amide bonds. The first-order chi connectivity index (χ1) is 14.1. The van der Waals surface area contributed by atoms with Gasteiger partial charge in [-0.3, -0.25) is 0 Å². The molecule has 1 saturated carbocycles. The maximum Gasteiger partial charge on any atom is 0.319 e. The number of halogens is 1. The molecule has 0 atom stereocenters. The molecule has 0 aromatic carbocycles. The fraction of sp³-hybridized carbons (Fsp3) is 0.381. The molecule has 3 aromatic rings. The number of amides is 2. The number of hydrogen-bond donors (Lipinski definition) is 4. The number of aromatic nitrogens is 3. The summed E-state index contributed by atoms with van der Waals surface area (Å²) >= 11 is 6.33. The Morgan fingerprint density at radius 3 is 2.86 bits per heavy atom. The predicted octanol–water partition coefficient (Wildman–Crippen LogP) is 5.16. The minimum atomic E-state index is -0.253. The van der Waals surface area contributed by atoms with Gasteiger partial charge in [-0.15, -0.1) is 0 Å². The van der Waals surface area contributed by atoms with Crippen molar-refractivity contribution in [1.29, 1.82) is 0 Å². The zero-order chi connectivity index (χ0) is 20.2. The third kappa shape index (κ3) is 4.62. The molecule has 0 bridgehead atoms. The third-order valence-corrected chi connectivity index (χ3v) is 5.38. The number of hydrogen-bond acceptors (Lipinski definition) is 4. The Morgan fingerprint density at radius 1 is 1.24 bits per heavy atom. The molecule has 1 fully saturated rings. The van der Waals surface area contributed by atoms with Crippen LogP contribution >= 0.6 is 11.6 Å². The zero-order valence-corrected chi connectivity index (χ0v) is 17.1. The van der Waals surface area contributed by atoms with Gasteiger partial charge in [0.05, 0.1) is 11.9 Å². The lowest BCUT2D eigenvalue weighted by molar-refractivity contribution is 0.252. The van der Waals surface area contributed by atoms with Crippen LogP contribution in [0.2, 0.25) is 5.15 Å². The minimum Gasteiger partial charge on any atom is -0.367 e. The van der Waals surface area contributed by atoms with Crippen LogP contribution < -0.4 is 16.0 Å². The van der Waals surface area contributed by atoms with Gasteiger partial charge in [-0.2, -0.15) is 0 Å². The van der Waals surface area contributed by atoms with Crippen LogP contribution in [-0.2, 0) is 0 Å². The van der Waals surface area contributed by atoms with E-state index in [9.17, 15) is 4.79 Å². The second-order valence-electron chi connectivity index (χ2n) is 7.35. The van der Waals surface area contributed by atoms with Gasteiger partial charge in [0.25, 0.3) is 0 Å². The van der Waals surface area contributed by atoms with E-state index in [1.807, 2.05) is 31.3 Å². The van der Waals surface area contributed by atoms with Gasteiger partial charge in [-0.25, -0.2) is 14.8 Å². The number of carbonyl (C=O) groups excluding carboxylic acids is 1. The molecule has 4 N–H and O–H groups in total. The Hall–Kier alpha value is -2.80. The number of urea groups is 1. The molecule has 3 heterocycles. The Labute approximate surface area is 174 Å². The minimum absolute atomic E-state index is 0.253. The highest BCUT2D eigenvalue weighted by atomic mass is 35.5. The number of anilines is 2. The maximum absolute atomic E-state index is 11.8.